The van der Waals surface area contributed by atoms with Gasteiger partial charge in [0, 0.05) is 18.3 Å². The number of pyridine rings is 1. The topological polar surface area (TPSA) is 59.4 Å². The molecule has 0 fully saturated rings. The van der Waals surface area contributed by atoms with Crippen LogP contribution in [0.3, 0.4) is 0 Å². The lowest BCUT2D eigenvalue weighted by atomic mass is 10.3. The fourth-order valence-electron chi connectivity index (χ4n) is 1.27. The number of hydrogen-bond donors (Lipinski definition) is 1. The smallest absolute Gasteiger partial charge is 0.354 e. The molecule has 1 aromatic carbocycles. The van der Waals surface area contributed by atoms with Crippen molar-refractivity contribution in [1.29, 1.82) is 0 Å². The van der Waals surface area contributed by atoms with E-state index in [0.717, 1.165) is 24.3 Å². The molecule has 0 bridgehead atoms. The first-order valence-corrected chi connectivity index (χ1v) is 4.88. The molecule has 18 heavy (non-hydrogen) atoms. The summed E-state index contributed by atoms with van der Waals surface area (Å²) in [6.45, 7) is 0. The average molecular weight is 251 g/mol. The Hall–Kier alpha value is -2.50. The van der Waals surface area contributed by atoms with Gasteiger partial charge in [-0.15, -0.1) is 0 Å². The van der Waals surface area contributed by atoms with Gasteiger partial charge in [0.15, 0.2) is 17.3 Å². The minimum absolute atomic E-state index is 0.0619. The first kappa shape index (κ1) is 12.0. The molecule has 0 radical (unpaired) electrons. The summed E-state index contributed by atoms with van der Waals surface area (Å²) in [5, 5.41) is 8.72. The lowest BCUT2D eigenvalue weighted by Crippen LogP contribution is -2.00. The van der Waals surface area contributed by atoms with Gasteiger partial charge in [0.25, 0.3) is 0 Å². The van der Waals surface area contributed by atoms with Crippen molar-refractivity contribution in [2.45, 2.75) is 0 Å². The molecular formula is C12H7F2NO3. The normalized spacial score (nSPS) is 10.1. The van der Waals surface area contributed by atoms with Crippen molar-refractivity contribution >= 4 is 5.97 Å². The van der Waals surface area contributed by atoms with E-state index in [9.17, 15) is 13.6 Å². The van der Waals surface area contributed by atoms with Crippen LogP contribution in [0.15, 0.2) is 36.5 Å². The third-order valence-corrected chi connectivity index (χ3v) is 2.07. The second-order valence-electron chi connectivity index (χ2n) is 3.36. The first-order valence-electron chi connectivity index (χ1n) is 4.88. The molecule has 1 aromatic heterocycles. The second-order valence-corrected chi connectivity index (χ2v) is 3.36. The Kier molecular flexibility index (Phi) is 3.18. The van der Waals surface area contributed by atoms with Crippen LogP contribution >= 0.6 is 0 Å². The van der Waals surface area contributed by atoms with E-state index in [-0.39, 0.29) is 17.2 Å². The summed E-state index contributed by atoms with van der Waals surface area (Å²) in [6.07, 6.45) is 1.20. The van der Waals surface area contributed by atoms with Crippen LogP contribution in [0.1, 0.15) is 10.5 Å². The predicted octanol–water partition coefficient (Wildman–Crippen LogP) is 2.85. The van der Waals surface area contributed by atoms with Gasteiger partial charge < -0.3 is 9.84 Å². The van der Waals surface area contributed by atoms with Gasteiger partial charge in [-0.3, -0.25) is 0 Å². The summed E-state index contributed by atoms with van der Waals surface area (Å²) in [4.78, 5) is 14.2. The molecule has 2 rings (SSSR count). The first-order chi connectivity index (χ1) is 8.56. The quantitative estimate of drug-likeness (QED) is 0.911. The summed E-state index contributed by atoms with van der Waals surface area (Å²) in [6, 6.07) is 5.21. The van der Waals surface area contributed by atoms with Crippen LogP contribution in [-0.2, 0) is 0 Å². The van der Waals surface area contributed by atoms with E-state index in [2.05, 4.69) is 4.98 Å². The molecular weight excluding hydrogens is 244 g/mol. The van der Waals surface area contributed by atoms with E-state index in [0.29, 0.717) is 0 Å². The largest absolute Gasteiger partial charge is 0.477 e. The maximum Gasteiger partial charge on any atom is 0.354 e. The van der Waals surface area contributed by atoms with E-state index in [1.54, 1.807) is 0 Å². The number of rotatable bonds is 3. The highest BCUT2D eigenvalue weighted by Gasteiger charge is 2.09. The maximum absolute atomic E-state index is 13.3. The van der Waals surface area contributed by atoms with Crippen molar-refractivity contribution in [3.63, 3.8) is 0 Å². The minimum atomic E-state index is -1.24. The summed E-state index contributed by atoms with van der Waals surface area (Å²) in [5.41, 5.74) is -0.246. The maximum atomic E-state index is 13.3. The zero-order chi connectivity index (χ0) is 13.1. The summed E-state index contributed by atoms with van der Waals surface area (Å²) >= 11 is 0. The van der Waals surface area contributed by atoms with Gasteiger partial charge in [0.1, 0.15) is 11.6 Å². The van der Waals surface area contributed by atoms with Gasteiger partial charge in [0.2, 0.25) is 0 Å². The van der Waals surface area contributed by atoms with Crippen molar-refractivity contribution in [2.75, 3.05) is 0 Å². The van der Waals surface area contributed by atoms with Crippen molar-refractivity contribution < 1.29 is 23.4 Å². The monoisotopic (exact) mass is 251 g/mol. The number of carboxylic acids is 1. The zero-order valence-electron chi connectivity index (χ0n) is 8.93. The van der Waals surface area contributed by atoms with Crippen molar-refractivity contribution in [3.8, 4) is 11.5 Å². The minimum Gasteiger partial charge on any atom is -0.477 e. The number of ether oxygens (including phenoxy) is 1. The molecule has 92 valence electrons. The third kappa shape index (κ3) is 2.60. The fraction of sp³-hybridized carbons (Fsp3) is 0. The Morgan fingerprint density at radius 1 is 1.22 bits per heavy atom. The van der Waals surface area contributed by atoms with Gasteiger partial charge >= 0.3 is 5.97 Å². The van der Waals surface area contributed by atoms with Crippen LogP contribution in [0.4, 0.5) is 8.78 Å². The molecule has 1 N–H and O–H groups in total. The van der Waals surface area contributed by atoms with Gasteiger partial charge in [-0.25, -0.2) is 18.6 Å². The number of benzene rings is 1. The van der Waals surface area contributed by atoms with Gasteiger partial charge in [-0.1, -0.05) is 0 Å². The van der Waals surface area contributed by atoms with Crippen LogP contribution in [0.2, 0.25) is 0 Å². The summed E-state index contributed by atoms with van der Waals surface area (Å²) in [5.74, 6) is -2.89. The SMILES string of the molecule is O=C(O)c1cc(Oc2cc(F)ccc2F)ccn1. The molecule has 2 aromatic rings. The molecule has 0 aliphatic rings. The van der Waals surface area contributed by atoms with E-state index in [1.165, 1.54) is 12.3 Å². The van der Waals surface area contributed by atoms with Gasteiger partial charge in [0.05, 0.1) is 0 Å². The molecule has 0 amide bonds. The van der Waals surface area contributed by atoms with E-state index >= 15 is 0 Å². The molecule has 0 aliphatic heterocycles. The Balaban J connectivity index is 2.31. The highest BCUT2D eigenvalue weighted by atomic mass is 19.1. The van der Waals surface area contributed by atoms with E-state index in [1.807, 2.05) is 0 Å². The number of hydrogen-bond acceptors (Lipinski definition) is 3. The third-order valence-electron chi connectivity index (χ3n) is 2.07. The molecule has 0 aliphatic carbocycles. The number of aromatic nitrogens is 1. The van der Waals surface area contributed by atoms with Crippen molar-refractivity contribution in [3.05, 3.63) is 53.9 Å². The van der Waals surface area contributed by atoms with Crippen molar-refractivity contribution in [1.82, 2.24) is 4.98 Å². The van der Waals surface area contributed by atoms with Crippen LogP contribution in [0.25, 0.3) is 0 Å². The number of aromatic carboxylic acids is 1. The number of nitrogens with zero attached hydrogens (tertiary/aromatic N) is 1. The average Bonchev–Trinajstić information content (AvgIpc) is 2.34. The molecule has 1 heterocycles. The number of carbonyl (C=O) groups is 1. The lowest BCUT2D eigenvalue weighted by Gasteiger charge is -2.06. The predicted molar refractivity (Wildman–Crippen MR) is 57.6 cm³/mol. The molecule has 0 spiro atoms. The van der Waals surface area contributed by atoms with Crippen LogP contribution in [-0.4, -0.2) is 16.1 Å². The molecule has 0 atom stereocenters. The Bertz CT molecular complexity index is 602. The number of carboxylic acid groups (broad SMARTS) is 1. The number of halogens is 2. The Morgan fingerprint density at radius 3 is 2.72 bits per heavy atom. The highest BCUT2D eigenvalue weighted by Crippen LogP contribution is 2.25. The lowest BCUT2D eigenvalue weighted by molar-refractivity contribution is 0.0690. The van der Waals surface area contributed by atoms with Crippen LogP contribution in [0, 0.1) is 11.6 Å². The molecule has 0 saturated carbocycles. The molecule has 4 nitrogen and oxygen atoms in total. The molecule has 6 heteroatoms. The second kappa shape index (κ2) is 4.79. The summed E-state index contributed by atoms with van der Waals surface area (Å²) in [7, 11) is 0. The van der Waals surface area contributed by atoms with Crippen LogP contribution < -0.4 is 4.74 Å². The van der Waals surface area contributed by atoms with E-state index in [4.69, 9.17) is 9.84 Å². The summed E-state index contributed by atoms with van der Waals surface area (Å²) < 4.78 is 31.3. The highest BCUT2D eigenvalue weighted by molar-refractivity contribution is 5.85. The van der Waals surface area contributed by atoms with E-state index < -0.39 is 17.6 Å². The van der Waals surface area contributed by atoms with Crippen molar-refractivity contribution in [2.24, 2.45) is 0 Å². The van der Waals surface area contributed by atoms with Gasteiger partial charge in [-0.2, -0.15) is 0 Å². The molecule has 0 saturated heterocycles. The standard InChI is InChI=1S/C12H7F2NO3/c13-7-1-2-9(14)11(5-7)18-8-3-4-15-10(6-8)12(16)17/h1-6H,(H,16,17). The zero-order valence-corrected chi connectivity index (χ0v) is 8.93. The Labute approximate surface area is 100 Å². The fourth-order valence-corrected chi connectivity index (χ4v) is 1.27. The molecule has 0 unspecified atom stereocenters. The van der Waals surface area contributed by atoms with Gasteiger partial charge in [-0.05, 0) is 18.2 Å². The van der Waals surface area contributed by atoms with Crippen LogP contribution in [0.5, 0.6) is 11.5 Å². The Morgan fingerprint density at radius 2 is 2.00 bits per heavy atom.